The van der Waals surface area contributed by atoms with Crippen LogP contribution in [0.25, 0.3) is 0 Å². The van der Waals surface area contributed by atoms with Gasteiger partial charge in [0.15, 0.2) is 11.6 Å². The normalized spacial score (nSPS) is 14.5. The van der Waals surface area contributed by atoms with Crippen molar-refractivity contribution in [3.8, 4) is 0 Å². The number of aliphatic hydroxyl groups excluding tert-OH is 1. The van der Waals surface area contributed by atoms with E-state index in [9.17, 15) is 29.1 Å². The highest BCUT2D eigenvalue weighted by Gasteiger charge is 2.50. The summed E-state index contributed by atoms with van der Waals surface area (Å²) in [6.07, 6.45) is -2.35. The van der Waals surface area contributed by atoms with E-state index in [-0.39, 0.29) is 17.6 Å². The zero-order chi connectivity index (χ0) is 18.8. The number of Topliss-reactive ketones (excluding diaryl/α,β-unsaturated/α-hetero) is 2. The third-order valence-electron chi connectivity index (χ3n) is 3.69. The predicted molar refractivity (Wildman–Crippen MR) is 85.9 cm³/mol. The van der Waals surface area contributed by atoms with Crippen LogP contribution in [-0.4, -0.2) is 37.3 Å². The third-order valence-corrected chi connectivity index (χ3v) is 3.69. The quantitative estimate of drug-likeness (QED) is 0.544. The molecule has 1 rings (SSSR count). The number of rotatable bonds is 7. The van der Waals surface area contributed by atoms with Crippen molar-refractivity contribution in [1.82, 2.24) is 14.5 Å². The Balaban J connectivity index is 3.96. The second-order valence-corrected chi connectivity index (χ2v) is 5.46. The monoisotopic (exact) mass is 337 g/mol. The lowest BCUT2D eigenvalue weighted by atomic mass is 9.79. The number of ketones is 2. The molecule has 1 heterocycles. The summed E-state index contributed by atoms with van der Waals surface area (Å²) in [6.45, 7) is 10.9. The molecule has 3 N–H and O–H groups in total. The molecule has 2 atom stereocenters. The Labute approximate surface area is 136 Å². The lowest BCUT2D eigenvalue weighted by Gasteiger charge is -2.35. The molecule has 0 radical (unpaired) electrons. The lowest BCUT2D eigenvalue weighted by molar-refractivity contribution is -0.141. The minimum absolute atomic E-state index is 0.0660. The Morgan fingerprint density at radius 2 is 1.58 bits per heavy atom. The van der Waals surface area contributed by atoms with Crippen LogP contribution in [0.1, 0.15) is 27.2 Å². The van der Waals surface area contributed by atoms with Gasteiger partial charge in [-0.3, -0.25) is 19.6 Å². The summed E-state index contributed by atoms with van der Waals surface area (Å²) in [6, 6.07) is 0. The van der Waals surface area contributed by atoms with Gasteiger partial charge < -0.3 is 5.11 Å². The van der Waals surface area contributed by atoms with Gasteiger partial charge in [-0.1, -0.05) is 20.1 Å². The van der Waals surface area contributed by atoms with Gasteiger partial charge in [0.05, 0.1) is 0 Å². The van der Waals surface area contributed by atoms with E-state index in [0.29, 0.717) is 4.57 Å². The van der Waals surface area contributed by atoms with Gasteiger partial charge in [0.2, 0.25) is 0 Å². The maximum Gasteiger partial charge on any atom is 0.334 e. The summed E-state index contributed by atoms with van der Waals surface area (Å²) in [7, 11) is 0. The predicted octanol–water partition coefficient (Wildman–Crippen LogP) is -1.02. The molecule has 0 saturated carbocycles. The number of carbonyl (C=O) groups is 2. The van der Waals surface area contributed by atoms with Crippen molar-refractivity contribution >= 4 is 11.6 Å². The zero-order valence-electron chi connectivity index (χ0n) is 13.6. The van der Waals surface area contributed by atoms with Crippen molar-refractivity contribution in [2.45, 2.75) is 38.8 Å². The largest absolute Gasteiger partial charge is 0.382 e. The molecule has 0 aromatic carbocycles. The fourth-order valence-electron chi connectivity index (χ4n) is 2.47. The molecule has 1 aromatic heterocycles. The maximum absolute atomic E-state index is 12.7. The van der Waals surface area contributed by atoms with Crippen LogP contribution < -0.4 is 17.1 Å². The summed E-state index contributed by atoms with van der Waals surface area (Å²) < 4.78 is 0.344. The molecule has 0 saturated heterocycles. The van der Waals surface area contributed by atoms with Gasteiger partial charge in [-0.25, -0.2) is 19.0 Å². The first-order chi connectivity index (χ1) is 11.0. The SMILES string of the molecule is C=C(C)C(=O)C(O)C(CC)(C(=O)C(=C)C)n1c(=O)[nH]c(=O)[nH]c1=O. The Hall–Kier alpha value is -2.81. The maximum atomic E-state index is 12.7. The van der Waals surface area contributed by atoms with Crippen molar-refractivity contribution in [3.05, 3.63) is 55.8 Å². The summed E-state index contributed by atoms with van der Waals surface area (Å²) in [5.74, 6) is -1.80. The van der Waals surface area contributed by atoms with E-state index >= 15 is 0 Å². The Morgan fingerprint density at radius 1 is 1.12 bits per heavy atom. The molecule has 0 bridgehead atoms. The number of nitrogens with zero attached hydrogens (tertiary/aromatic N) is 1. The molecule has 9 heteroatoms. The summed E-state index contributed by atoms with van der Waals surface area (Å²) >= 11 is 0. The molecule has 130 valence electrons. The van der Waals surface area contributed by atoms with E-state index in [1.807, 2.05) is 0 Å². The van der Waals surface area contributed by atoms with Crippen LogP contribution in [0.2, 0.25) is 0 Å². The average Bonchev–Trinajstić information content (AvgIpc) is 2.48. The molecule has 0 fully saturated rings. The lowest BCUT2D eigenvalue weighted by Crippen LogP contribution is -2.63. The van der Waals surface area contributed by atoms with Gasteiger partial charge in [0, 0.05) is 0 Å². The zero-order valence-corrected chi connectivity index (χ0v) is 13.6. The topological polar surface area (TPSA) is 142 Å². The molecule has 0 aliphatic carbocycles. The highest BCUT2D eigenvalue weighted by molar-refractivity contribution is 6.07. The molecule has 24 heavy (non-hydrogen) atoms. The first-order valence-electron chi connectivity index (χ1n) is 7.04. The number of aromatic amines is 2. The van der Waals surface area contributed by atoms with E-state index in [4.69, 9.17) is 0 Å². The smallest absolute Gasteiger partial charge is 0.334 e. The van der Waals surface area contributed by atoms with Gasteiger partial charge in [0.25, 0.3) is 0 Å². The molecule has 0 aliphatic heterocycles. The van der Waals surface area contributed by atoms with E-state index < -0.39 is 40.3 Å². The fraction of sp³-hybridized carbons (Fsp3) is 0.400. The molecule has 0 amide bonds. The van der Waals surface area contributed by atoms with E-state index in [0.717, 1.165) is 0 Å². The standard InChI is InChI=1S/C15H19N3O6/c1-6-15(10(20)8(4)5,11(21)9(19)7(2)3)18-13(23)16-12(22)17-14(18)24/h11,21H,2,4,6H2,1,3,5H3,(H2,16,17,22,23,24). The van der Waals surface area contributed by atoms with Crippen LogP contribution in [0, 0.1) is 0 Å². The molecule has 0 spiro atoms. The molecule has 2 unspecified atom stereocenters. The second-order valence-electron chi connectivity index (χ2n) is 5.46. The molecule has 1 aromatic rings. The van der Waals surface area contributed by atoms with E-state index in [1.165, 1.54) is 20.8 Å². The first kappa shape index (κ1) is 19.2. The molecule has 0 aliphatic rings. The van der Waals surface area contributed by atoms with Gasteiger partial charge in [-0.15, -0.1) is 0 Å². The number of aliphatic hydroxyl groups is 1. The van der Waals surface area contributed by atoms with Crippen molar-refractivity contribution in [2.24, 2.45) is 0 Å². The minimum atomic E-state index is -2.25. The number of hydrogen-bond acceptors (Lipinski definition) is 6. The minimum Gasteiger partial charge on any atom is -0.382 e. The average molecular weight is 337 g/mol. The van der Waals surface area contributed by atoms with Gasteiger partial charge >= 0.3 is 17.1 Å². The number of hydrogen-bond donors (Lipinski definition) is 3. The van der Waals surface area contributed by atoms with Crippen LogP contribution in [0.3, 0.4) is 0 Å². The summed E-state index contributed by atoms with van der Waals surface area (Å²) in [5, 5.41) is 10.5. The Morgan fingerprint density at radius 3 is 1.92 bits per heavy atom. The number of aromatic nitrogens is 3. The number of H-pyrrole nitrogens is 2. The van der Waals surface area contributed by atoms with Crippen molar-refractivity contribution in [3.63, 3.8) is 0 Å². The fourth-order valence-corrected chi connectivity index (χ4v) is 2.47. The Kier molecular flexibility index (Phi) is 5.41. The molecule has 9 nitrogen and oxygen atoms in total. The van der Waals surface area contributed by atoms with Crippen molar-refractivity contribution in [1.29, 1.82) is 0 Å². The van der Waals surface area contributed by atoms with Crippen LogP contribution in [-0.2, 0) is 15.1 Å². The highest BCUT2D eigenvalue weighted by atomic mass is 16.3. The second kappa shape index (κ2) is 6.75. The van der Waals surface area contributed by atoms with Gasteiger partial charge in [-0.05, 0) is 31.4 Å². The van der Waals surface area contributed by atoms with Crippen molar-refractivity contribution in [2.75, 3.05) is 0 Å². The summed E-state index contributed by atoms with van der Waals surface area (Å²) in [4.78, 5) is 64.1. The van der Waals surface area contributed by atoms with Crippen LogP contribution in [0.15, 0.2) is 38.7 Å². The van der Waals surface area contributed by atoms with Gasteiger partial charge in [0.1, 0.15) is 11.6 Å². The Bertz CT molecular complexity index is 853. The van der Waals surface area contributed by atoms with E-state index in [1.54, 1.807) is 9.97 Å². The third kappa shape index (κ3) is 2.98. The number of carbonyl (C=O) groups excluding carboxylic acids is 2. The van der Waals surface area contributed by atoms with Crippen LogP contribution in [0.5, 0.6) is 0 Å². The number of allylic oxidation sites excluding steroid dienone is 1. The molecular formula is C15H19N3O6. The van der Waals surface area contributed by atoms with E-state index in [2.05, 4.69) is 13.2 Å². The van der Waals surface area contributed by atoms with Crippen molar-refractivity contribution < 1.29 is 14.7 Å². The van der Waals surface area contributed by atoms with Gasteiger partial charge in [-0.2, -0.15) is 0 Å². The number of nitrogens with one attached hydrogen (secondary N) is 2. The summed E-state index contributed by atoms with van der Waals surface area (Å²) in [5.41, 5.74) is -5.93. The molecular weight excluding hydrogens is 318 g/mol. The van der Waals surface area contributed by atoms with Crippen LogP contribution >= 0.6 is 0 Å². The first-order valence-corrected chi connectivity index (χ1v) is 7.04. The van der Waals surface area contributed by atoms with Crippen LogP contribution in [0.4, 0.5) is 0 Å². The highest BCUT2D eigenvalue weighted by Crippen LogP contribution is 2.28.